The minimum atomic E-state index is 0.0787. The first-order valence-corrected chi connectivity index (χ1v) is 5.66. The first-order valence-electron chi connectivity index (χ1n) is 4.85. The molecule has 3 heteroatoms. The summed E-state index contributed by atoms with van der Waals surface area (Å²) in [5.41, 5.74) is 3.29. The van der Waals surface area contributed by atoms with E-state index in [1.807, 2.05) is 6.92 Å². The number of thiazole rings is 1. The van der Waals surface area contributed by atoms with Crippen molar-refractivity contribution in [1.29, 1.82) is 0 Å². The van der Waals surface area contributed by atoms with Gasteiger partial charge in [-0.25, -0.2) is 4.98 Å². The molecule has 1 N–H and O–H groups in total. The van der Waals surface area contributed by atoms with Crippen molar-refractivity contribution in [1.82, 2.24) is 4.98 Å². The Labute approximate surface area is 93.2 Å². The summed E-state index contributed by atoms with van der Waals surface area (Å²) in [5.74, 6) is 0. The van der Waals surface area contributed by atoms with E-state index >= 15 is 0 Å². The third-order valence-electron chi connectivity index (χ3n) is 2.33. The lowest BCUT2D eigenvalue weighted by atomic mass is 10.2. The first-order chi connectivity index (χ1) is 7.20. The van der Waals surface area contributed by atoms with Crippen molar-refractivity contribution in [3.8, 4) is 10.6 Å². The van der Waals surface area contributed by atoms with Crippen LogP contribution in [0, 0.1) is 13.8 Å². The first kappa shape index (κ1) is 10.3. The van der Waals surface area contributed by atoms with Crippen LogP contribution in [0.15, 0.2) is 24.3 Å². The van der Waals surface area contributed by atoms with E-state index in [1.54, 1.807) is 11.3 Å². The van der Waals surface area contributed by atoms with Gasteiger partial charge >= 0.3 is 0 Å². The van der Waals surface area contributed by atoms with Gasteiger partial charge in [0.15, 0.2) is 0 Å². The van der Waals surface area contributed by atoms with Crippen molar-refractivity contribution in [3.63, 3.8) is 0 Å². The minimum Gasteiger partial charge on any atom is -0.391 e. The maximum absolute atomic E-state index is 9.09. The van der Waals surface area contributed by atoms with Gasteiger partial charge in [0, 0.05) is 5.56 Å². The molecule has 1 heterocycles. The molecule has 2 aromatic rings. The number of hydrogen-bond acceptors (Lipinski definition) is 3. The Kier molecular flexibility index (Phi) is 2.84. The molecular weight excluding hydrogens is 206 g/mol. The molecule has 0 amide bonds. The predicted molar refractivity (Wildman–Crippen MR) is 62.9 cm³/mol. The zero-order valence-electron chi connectivity index (χ0n) is 8.82. The monoisotopic (exact) mass is 219 g/mol. The Morgan fingerprint density at radius 3 is 2.40 bits per heavy atom. The van der Waals surface area contributed by atoms with Gasteiger partial charge in [0.2, 0.25) is 0 Å². The molecule has 0 saturated carbocycles. The van der Waals surface area contributed by atoms with Crippen LogP contribution < -0.4 is 0 Å². The Morgan fingerprint density at radius 1 is 1.20 bits per heavy atom. The second-order valence-electron chi connectivity index (χ2n) is 3.55. The van der Waals surface area contributed by atoms with Crippen molar-refractivity contribution in [3.05, 3.63) is 40.4 Å². The highest BCUT2D eigenvalue weighted by Gasteiger charge is 2.07. The Morgan fingerprint density at radius 2 is 1.87 bits per heavy atom. The standard InChI is InChI=1S/C12H13NOS/c1-8-3-5-10(6-4-8)12-13-9(2)11(7-14)15-12/h3-6,14H,7H2,1-2H3. The summed E-state index contributed by atoms with van der Waals surface area (Å²) in [6, 6.07) is 8.28. The summed E-state index contributed by atoms with van der Waals surface area (Å²) in [4.78, 5) is 5.39. The maximum Gasteiger partial charge on any atom is 0.123 e. The fraction of sp³-hybridized carbons (Fsp3) is 0.250. The van der Waals surface area contributed by atoms with Gasteiger partial charge in [-0.05, 0) is 13.8 Å². The maximum atomic E-state index is 9.09. The summed E-state index contributed by atoms with van der Waals surface area (Å²) in [7, 11) is 0. The number of hydrogen-bond donors (Lipinski definition) is 1. The van der Waals surface area contributed by atoms with Crippen molar-refractivity contribution in [2.75, 3.05) is 0 Å². The van der Waals surface area contributed by atoms with Crippen LogP contribution in [-0.2, 0) is 6.61 Å². The van der Waals surface area contributed by atoms with Crippen LogP contribution in [0.2, 0.25) is 0 Å². The smallest absolute Gasteiger partial charge is 0.123 e. The quantitative estimate of drug-likeness (QED) is 0.842. The van der Waals surface area contributed by atoms with E-state index in [4.69, 9.17) is 5.11 Å². The molecule has 0 bridgehead atoms. The molecule has 0 spiro atoms. The largest absolute Gasteiger partial charge is 0.391 e. The van der Waals surface area contributed by atoms with Crippen molar-refractivity contribution >= 4 is 11.3 Å². The molecule has 0 fully saturated rings. The highest BCUT2D eigenvalue weighted by Crippen LogP contribution is 2.27. The lowest BCUT2D eigenvalue weighted by molar-refractivity contribution is 0.284. The molecule has 0 aliphatic rings. The fourth-order valence-corrected chi connectivity index (χ4v) is 2.32. The Hall–Kier alpha value is -1.19. The van der Waals surface area contributed by atoms with Gasteiger partial charge in [-0.3, -0.25) is 0 Å². The number of rotatable bonds is 2. The van der Waals surface area contributed by atoms with Gasteiger partial charge in [0.05, 0.1) is 17.2 Å². The van der Waals surface area contributed by atoms with Crippen LogP contribution in [0.5, 0.6) is 0 Å². The van der Waals surface area contributed by atoms with Crippen molar-refractivity contribution < 1.29 is 5.11 Å². The number of aliphatic hydroxyl groups is 1. The molecule has 0 aliphatic heterocycles. The topological polar surface area (TPSA) is 33.1 Å². The summed E-state index contributed by atoms with van der Waals surface area (Å²) < 4.78 is 0. The third kappa shape index (κ3) is 2.08. The van der Waals surface area contributed by atoms with E-state index in [0.717, 1.165) is 21.1 Å². The number of aryl methyl sites for hydroxylation is 2. The molecule has 15 heavy (non-hydrogen) atoms. The molecule has 0 atom stereocenters. The van der Waals surface area contributed by atoms with Gasteiger partial charge in [0.25, 0.3) is 0 Å². The van der Waals surface area contributed by atoms with Gasteiger partial charge < -0.3 is 5.11 Å². The highest BCUT2D eigenvalue weighted by atomic mass is 32.1. The SMILES string of the molecule is Cc1ccc(-c2nc(C)c(CO)s2)cc1. The van der Waals surface area contributed by atoms with Gasteiger partial charge in [-0.1, -0.05) is 29.8 Å². The summed E-state index contributed by atoms with van der Waals surface area (Å²) in [6.45, 7) is 4.07. The lowest BCUT2D eigenvalue weighted by Crippen LogP contribution is -1.80. The second kappa shape index (κ2) is 4.13. The van der Waals surface area contributed by atoms with Crippen LogP contribution in [-0.4, -0.2) is 10.1 Å². The average Bonchev–Trinajstić information content (AvgIpc) is 2.61. The van der Waals surface area contributed by atoms with Crippen LogP contribution in [0.3, 0.4) is 0 Å². The zero-order valence-corrected chi connectivity index (χ0v) is 9.64. The molecule has 0 aliphatic carbocycles. The summed E-state index contributed by atoms with van der Waals surface area (Å²) in [6.07, 6.45) is 0. The number of nitrogens with zero attached hydrogens (tertiary/aromatic N) is 1. The molecule has 1 aromatic heterocycles. The molecular formula is C12H13NOS. The fourth-order valence-electron chi connectivity index (χ4n) is 1.39. The molecule has 0 saturated heterocycles. The van der Waals surface area contributed by atoms with Crippen LogP contribution in [0.4, 0.5) is 0 Å². The number of aromatic nitrogens is 1. The lowest BCUT2D eigenvalue weighted by Gasteiger charge is -1.96. The van der Waals surface area contributed by atoms with E-state index < -0.39 is 0 Å². The van der Waals surface area contributed by atoms with Gasteiger partial charge in [-0.2, -0.15) is 0 Å². The molecule has 0 radical (unpaired) electrons. The highest BCUT2D eigenvalue weighted by molar-refractivity contribution is 7.15. The molecule has 1 aromatic carbocycles. The summed E-state index contributed by atoms with van der Waals surface area (Å²) in [5, 5.41) is 10.1. The predicted octanol–water partition coefficient (Wildman–Crippen LogP) is 2.92. The van der Waals surface area contributed by atoms with E-state index in [0.29, 0.717) is 0 Å². The Bertz CT molecular complexity index is 459. The normalized spacial score (nSPS) is 10.6. The molecule has 78 valence electrons. The second-order valence-corrected chi connectivity index (χ2v) is 4.64. The molecule has 2 rings (SSSR count). The van der Waals surface area contributed by atoms with Gasteiger partial charge in [0.1, 0.15) is 5.01 Å². The zero-order chi connectivity index (χ0) is 10.8. The van der Waals surface area contributed by atoms with Crippen LogP contribution in [0.25, 0.3) is 10.6 Å². The van der Waals surface area contributed by atoms with Crippen LogP contribution in [0.1, 0.15) is 16.1 Å². The summed E-state index contributed by atoms with van der Waals surface area (Å²) >= 11 is 1.56. The molecule has 0 unspecified atom stereocenters. The van der Waals surface area contributed by atoms with Crippen LogP contribution >= 0.6 is 11.3 Å². The van der Waals surface area contributed by atoms with Crippen molar-refractivity contribution in [2.24, 2.45) is 0 Å². The Balaban J connectivity index is 2.41. The van der Waals surface area contributed by atoms with E-state index in [1.165, 1.54) is 5.56 Å². The number of aliphatic hydroxyl groups excluding tert-OH is 1. The van der Waals surface area contributed by atoms with E-state index in [-0.39, 0.29) is 6.61 Å². The average molecular weight is 219 g/mol. The molecule has 2 nitrogen and oxygen atoms in total. The van der Waals surface area contributed by atoms with Gasteiger partial charge in [-0.15, -0.1) is 11.3 Å². The third-order valence-corrected chi connectivity index (χ3v) is 3.53. The van der Waals surface area contributed by atoms with E-state index in [2.05, 4.69) is 36.2 Å². The minimum absolute atomic E-state index is 0.0787. The number of benzene rings is 1. The van der Waals surface area contributed by atoms with Crippen molar-refractivity contribution in [2.45, 2.75) is 20.5 Å². The van der Waals surface area contributed by atoms with E-state index in [9.17, 15) is 0 Å².